The first-order chi connectivity index (χ1) is 13.5. The van der Waals surface area contributed by atoms with Gasteiger partial charge in [0.05, 0.1) is 0 Å². The molecule has 0 spiro atoms. The maximum atomic E-state index is 12.5. The second kappa shape index (κ2) is 9.71. The molecule has 0 radical (unpaired) electrons. The van der Waals surface area contributed by atoms with Crippen LogP contribution in [0, 0.1) is 20.8 Å². The van der Waals surface area contributed by atoms with Crippen molar-refractivity contribution < 1.29 is 19.3 Å². The average Bonchev–Trinajstić information content (AvgIpc) is 2.67. The predicted octanol–water partition coefficient (Wildman–Crippen LogP) is 0.413. The molecule has 0 unspecified atom stereocenters. The van der Waals surface area contributed by atoms with Gasteiger partial charge in [0.15, 0.2) is 6.54 Å². The van der Waals surface area contributed by atoms with Gasteiger partial charge in [0.25, 0.3) is 5.91 Å². The molecule has 28 heavy (non-hydrogen) atoms. The zero-order chi connectivity index (χ0) is 19.9. The minimum Gasteiger partial charge on any atom is -0.488 e. The molecule has 1 aliphatic heterocycles. The second-order valence-electron chi connectivity index (χ2n) is 7.91. The van der Waals surface area contributed by atoms with Crippen molar-refractivity contribution in [3.05, 3.63) is 59.2 Å². The fraction of sp³-hybridized carbons (Fsp3) is 0.435. The lowest BCUT2D eigenvalue weighted by molar-refractivity contribution is -1.01. The van der Waals surface area contributed by atoms with E-state index in [1.54, 1.807) is 4.90 Å². The van der Waals surface area contributed by atoms with Crippen LogP contribution in [0.3, 0.4) is 0 Å². The van der Waals surface area contributed by atoms with Crippen LogP contribution in [-0.2, 0) is 4.79 Å². The summed E-state index contributed by atoms with van der Waals surface area (Å²) in [4.78, 5) is 15.5. The van der Waals surface area contributed by atoms with Crippen LogP contribution in [-0.4, -0.2) is 51.8 Å². The quantitative estimate of drug-likeness (QED) is 0.649. The molecule has 3 N–H and O–H groups in total. The van der Waals surface area contributed by atoms with Gasteiger partial charge in [0.2, 0.25) is 0 Å². The Labute approximate surface area is 168 Å². The summed E-state index contributed by atoms with van der Waals surface area (Å²) in [6.45, 7) is 12.7. The molecule has 1 saturated heterocycles. The normalized spacial score (nSPS) is 19.2. The summed E-state index contributed by atoms with van der Waals surface area (Å²) in [5, 5.41) is 3.13. The molecular weight excluding hydrogens is 350 g/mol. The number of hydrogen-bond acceptors (Lipinski definition) is 2. The summed E-state index contributed by atoms with van der Waals surface area (Å²) in [6, 6.07) is 14.2. The van der Waals surface area contributed by atoms with Crippen molar-refractivity contribution in [3.8, 4) is 5.75 Å². The molecule has 0 aromatic heterocycles. The lowest BCUT2D eigenvalue weighted by Gasteiger charge is -2.29. The molecule has 150 valence electrons. The average molecular weight is 384 g/mol. The molecule has 0 saturated carbocycles. The van der Waals surface area contributed by atoms with Gasteiger partial charge in [-0.05, 0) is 44.0 Å². The van der Waals surface area contributed by atoms with Crippen LogP contribution in [0.5, 0.6) is 5.75 Å². The third-order valence-corrected chi connectivity index (χ3v) is 5.48. The van der Waals surface area contributed by atoms with Gasteiger partial charge in [-0.2, -0.15) is 0 Å². The summed E-state index contributed by atoms with van der Waals surface area (Å²) in [5.41, 5.74) is 4.47. The van der Waals surface area contributed by atoms with Crippen molar-refractivity contribution in [2.45, 2.75) is 20.8 Å². The Hall–Kier alpha value is -2.37. The fourth-order valence-electron chi connectivity index (χ4n) is 4.00. The van der Waals surface area contributed by atoms with E-state index in [9.17, 15) is 4.79 Å². The first-order valence-corrected chi connectivity index (χ1v) is 10.2. The van der Waals surface area contributed by atoms with E-state index in [0.717, 1.165) is 61.9 Å². The van der Waals surface area contributed by atoms with Crippen LogP contribution in [0.15, 0.2) is 42.5 Å². The Balaban J connectivity index is 1.39. The van der Waals surface area contributed by atoms with Crippen molar-refractivity contribution >= 4 is 11.6 Å². The van der Waals surface area contributed by atoms with E-state index in [1.807, 2.05) is 30.3 Å². The first-order valence-electron chi connectivity index (χ1n) is 10.2. The van der Waals surface area contributed by atoms with Gasteiger partial charge < -0.3 is 19.9 Å². The largest absolute Gasteiger partial charge is 0.488 e. The standard InChI is InChI=1S/C23H31N3O2/c1-18-15-19(2)23(20(3)16-18)24-22(27)17-26-11-9-25(10-12-26)13-14-28-21-7-5-4-6-8-21/h4-8,15-16H,9-14,17H2,1-3H3,(H,24,27)/p+2. The highest BCUT2D eigenvalue weighted by molar-refractivity contribution is 5.93. The summed E-state index contributed by atoms with van der Waals surface area (Å²) in [5.74, 6) is 1.05. The van der Waals surface area contributed by atoms with Gasteiger partial charge in [-0.3, -0.25) is 4.79 Å². The minimum absolute atomic E-state index is 0.112. The third kappa shape index (κ3) is 5.81. The Morgan fingerprint density at radius 3 is 2.21 bits per heavy atom. The number of para-hydroxylation sites is 1. The number of amides is 1. The number of hydrogen-bond donors (Lipinski definition) is 3. The van der Waals surface area contributed by atoms with Gasteiger partial charge in [-0.1, -0.05) is 35.9 Å². The van der Waals surface area contributed by atoms with Gasteiger partial charge in [-0.15, -0.1) is 0 Å². The second-order valence-corrected chi connectivity index (χ2v) is 7.91. The Bertz CT molecular complexity index is 761. The van der Waals surface area contributed by atoms with Crippen LogP contribution in [0.1, 0.15) is 16.7 Å². The van der Waals surface area contributed by atoms with Crippen molar-refractivity contribution in [1.82, 2.24) is 0 Å². The van der Waals surface area contributed by atoms with Gasteiger partial charge in [0, 0.05) is 5.69 Å². The molecule has 0 atom stereocenters. The monoisotopic (exact) mass is 383 g/mol. The summed E-state index contributed by atoms with van der Waals surface area (Å²) in [6.07, 6.45) is 0. The van der Waals surface area contributed by atoms with E-state index in [0.29, 0.717) is 6.54 Å². The smallest absolute Gasteiger partial charge is 0.279 e. The zero-order valence-corrected chi connectivity index (χ0v) is 17.3. The van der Waals surface area contributed by atoms with Crippen molar-refractivity contribution in [1.29, 1.82) is 0 Å². The van der Waals surface area contributed by atoms with E-state index in [4.69, 9.17) is 4.74 Å². The first kappa shape index (κ1) is 20.4. The van der Waals surface area contributed by atoms with Crippen LogP contribution < -0.4 is 19.9 Å². The van der Waals surface area contributed by atoms with E-state index < -0.39 is 0 Å². The number of anilines is 1. The lowest BCUT2D eigenvalue weighted by Crippen LogP contribution is -3.28. The molecule has 1 fully saturated rings. The molecule has 5 heteroatoms. The highest BCUT2D eigenvalue weighted by Crippen LogP contribution is 2.21. The van der Waals surface area contributed by atoms with Crippen LogP contribution in [0.4, 0.5) is 5.69 Å². The Kier molecular flexibility index (Phi) is 7.06. The van der Waals surface area contributed by atoms with Crippen LogP contribution >= 0.6 is 0 Å². The van der Waals surface area contributed by atoms with Gasteiger partial charge in [-0.25, -0.2) is 0 Å². The molecule has 0 bridgehead atoms. The molecule has 1 aliphatic rings. The number of carbonyl (C=O) groups excluding carboxylic acids is 1. The van der Waals surface area contributed by atoms with Gasteiger partial charge in [0.1, 0.15) is 45.1 Å². The number of piperazine rings is 1. The summed E-state index contributed by atoms with van der Waals surface area (Å²) in [7, 11) is 0. The van der Waals surface area contributed by atoms with E-state index in [2.05, 4.69) is 38.2 Å². The molecule has 2 aromatic carbocycles. The highest BCUT2D eigenvalue weighted by Gasteiger charge is 2.25. The molecule has 2 aromatic rings. The topological polar surface area (TPSA) is 47.2 Å². The molecular formula is C23H33N3O2+2. The number of nitrogens with one attached hydrogen (secondary N) is 3. The SMILES string of the molecule is Cc1cc(C)c(NC(=O)C[NH+]2CC[NH+](CCOc3ccccc3)CC2)c(C)c1. The van der Waals surface area contributed by atoms with Crippen molar-refractivity contribution in [3.63, 3.8) is 0 Å². The van der Waals surface area contributed by atoms with Crippen LogP contribution in [0.25, 0.3) is 0 Å². The number of rotatable bonds is 7. The molecule has 3 rings (SSSR count). The van der Waals surface area contributed by atoms with Crippen molar-refractivity contribution in [2.24, 2.45) is 0 Å². The number of carbonyl (C=O) groups is 1. The van der Waals surface area contributed by atoms with E-state index in [1.165, 1.54) is 10.5 Å². The third-order valence-electron chi connectivity index (χ3n) is 5.48. The number of aryl methyl sites for hydroxylation is 3. The molecule has 0 aliphatic carbocycles. The minimum atomic E-state index is 0.112. The molecule has 1 amide bonds. The maximum Gasteiger partial charge on any atom is 0.279 e. The van der Waals surface area contributed by atoms with E-state index >= 15 is 0 Å². The highest BCUT2D eigenvalue weighted by atomic mass is 16.5. The molecule has 1 heterocycles. The predicted molar refractivity (Wildman–Crippen MR) is 112 cm³/mol. The summed E-state index contributed by atoms with van der Waals surface area (Å²) < 4.78 is 5.81. The Morgan fingerprint density at radius 2 is 1.57 bits per heavy atom. The van der Waals surface area contributed by atoms with Gasteiger partial charge >= 0.3 is 0 Å². The number of quaternary nitrogens is 2. The maximum absolute atomic E-state index is 12.5. The summed E-state index contributed by atoms with van der Waals surface area (Å²) >= 11 is 0. The fourth-order valence-corrected chi connectivity index (χ4v) is 4.00. The zero-order valence-electron chi connectivity index (χ0n) is 17.3. The Morgan fingerprint density at radius 1 is 0.964 bits per heavy atom. The number of ether oxygens (including phenoxy) is 1. The number of benzene rings is 2. The molecule has 5 nitrogen and oxygen atoms in total. The lowest BCUT2D eigenvalue weighted by atomic mass is 10.1. The van der Waals surface area contributed by atoms with Crippen LogP contribution in [0.2, 0.25) is 0 Å². The van der Waals surface area contributed by atoms with E-state index in [-0.39, 0.29) is 5.91 Å². The van der Waals surface area contributed by atoms with Crippen molar-refractivity contribution in [2.75, 3.05) is 51.2 Å².